The molecule has 0 spiro atoms. The van der Waals surface area contributed by atoms with E-state index in [-0.39, 0.29) is 48.7 Å². The highest BCUT2D eigenvalue weighted by atomic mass is 35.5. The summed E-state index contributed by atoms with van der Waals surface area (Å²) in [5, 5.41) is 24.1. The van der Waals surface area contributed by atoms with E-state index < -0.39 is 0 Å². The van der Waals surface area contributed by atoms with Crippen LogP contribution >= 0.6 is 34.7 Å². The smallest absolute Gasteiger partial charge is 0.168 e. The highest BCUT2D eigenvalue weighted by molar-refractivity contribution is 7.13. The topological polar surface area (TPSA) is 134 Å². The van der Waals surface area contributed by atoms with Crippen molar-refractivity contribution in [2.24, 2.45) is 27.9 Å². The van der Waals surface area contributed by atoms with Crippen molar-refractivity contribution in [3.05, 3.63) is 382 Å². The van der Waals surface area contributed by atoms with Crippen LogP contribution in [0.4, 0.5) is 0 Å². The van der Waals surface area contributed by atoms with Crippen LogP contribution in [0.1, 0.15) is 344 Å². The van der Waals surface area contributed by atoms with Gasteiger partial charge in [0.1, 0.15) is 11.3 Å². The first-order valence-electron chi connectivity index (χ1n) is 51.2. The zero-order valence-corrected chi connectivity index (χ0v) is 94.3. The van der Waals surface area contributed by atoms with Gasteiger partial charge in [-0.05, 0) is 192 Å². The van der Waals surface area contributed by atoms with Crippen LogP contribution in [0.2, 0.25) is 10.0 Å². The third-order valence-corrected chi connectivity index (χ3v) is 27.4. The maximum atomic E-state index is 6.11. The molecule has 16 aromatic rings. The lowest BCUT2D eigenvalue weighted by Gasteiger charge is -2.22. The van der Waals surface area contributed by atoms with Crippen molar-refractivity contribution in [3.8, 4) is 0 Å². The number of benzene rings is 11. The van der Waals surface area contributed by atoms with Crippen LogP contribution < -0.4 is 0 Å². The van der Waals surface area contributed by atoms with Gasteiger partial charge in [-0.25, -0.2) is 0 Å². The molecule has 0 N–H and O–H groups in total. The molecule has 0 bridgehead atoms. The quantitative estimate of drug-likeness (QED) is 0.167. The van der Waals surface area contributed by atoms with E-state index in [4.69, 9.17) is 36.8 Å². The molecule has 2 aliphatic heterocycles. The molecule has 0 unspecified atom stereocenters. The molecule has 0 amide bonds. The lowest BCUT2D eigenvalue weighted by Crippen LogP contribution is -2.19. The summed E-state index contributed by atoms with van der Waals surface area (Å²) in [6.45, 7) is 69.8. The molecule has 0 atom stereocenters. The Morgan fingerprint density at radius 1 is 0.347 bits per heavy atom. The molecule has 6 aliphatic rings. The number of hydrogen-bond donors (Lipinski definition) is 0. The second-order valence-corrected chi connectivity index (χ2v) is 49.8. The minimum Gasteiger partial charge on any atom is -0.360 e. The van der Waals surface area contributed by atoms with E-state index >= 15 is 0 Å². The maximum absolute atomic E-state index is 6.11. The zero-order chi connectivity index (χ0) is 105. The Bertz CT molecular complexity index is 7100. The van der Waals surface area contributed by atoms with Crippen molar-refractivity contribution in [2.75, 3.05) is 0 Å². The molecule has 0 saturated carbocycles. The number of para-hydroxylation sites is 2. The Morgan fingerprint density at radius 2 is 0.875 bits per heavy atom. The van der Waals surface area contributed by atoms with Crippen molar-refractivity contribution in [1.82, 2.24) is 29.6 Å². The van der Waals surface area contributed by atoms with Gasteiger partial charge in [0, 0.05) is 111 Å². The summed E-state index contributed by atoms with van der Waals surface area (Å²) < 4.78 is 23.5. The Labute approximate surface area is 874 Å². The van der Waals surface area contributed by atoms with Crippen molar-refractivity contribution in [2.45, 2.75) is 303 Å². The van der Waals surface area contributed by atoms with Gasteiger partial charge in [0.25, 0.3) is 0 Å². The Hall–Kier alpha value is -11.9. The lowest BCUT2D eigenvalue weighted by atomic mass is 9.82. The van der Waals surface area contributed by atoms with Gasteiger partial charge < -0.3 is 13.6 Å². The second kappa shape index (κ2) is 46.2. The number of rotatable bonds is 2. The predicted molar refractivity (Wildman–Crippen MR) is 620 cm³/mol. The fraction of sp³-hybridized carbons (Fsp3) is 0.377. The predicted octanol–water partition coefficient (Wildman–Crippen LogP) is 37.1. The first-order valence-corrected chi connectivity index (χ1v) is 52.7. The van der Waals surface area contributed by atoms with E-state index in [0.717, 1.165) is 93.8 Å². The minimum atomic E-state index is -0.000913. The van der Waals surface area contributed by atoms with Gasteiger partial charge in [0.05, 0.1) is 46.1 Å². The third kappa shape index (κ3) is 28.4. The normalized spacial score (nSPS) is 13.6. The number of aryl methyl sites for hydroxylation is 1. The molecule has 5 aromatic heterocycles. The molecule has 14 heteroatoms. The molecular formula is C130H156Cl2N8O3S. The molecule has 11 nitrogen and oxygen atoms in total. The number of aromatic nitrogens is 6. The van der Waals surface area contributed by atoms with E-state index in [1.54, 1.807) is 17.6 Å². The van der Waals surface area contributed by atoms with E-state index in [9.17, 15) is 0 Å². The van der Waals surface area contributed by atoms with Crippen molar-refractivity contribution in [1.29, 1.82) is 0 Å². The summed E-state index contributed by atoms with van der Waals surface area (Å²) in [6, 6.07) is 79.8. The first kappa shape index (κ1) is 111. The molecule has 11 aromatic carbocycles. The fourth-order valence-electron chi connectivity index (χ4n) is 18.3. The summed E-state index contributed by atoms with van der Waals surface area (Å²) in [6.07, 6.45) is 22.3. The van der Waals surface area contributed by atoms with Gasteiger partial charge in [0.2, 0.25) is 0 Å². The molecule has 144 heavy (non-hydrogen) atoms. The summed E-state index contributed by atoms with van der Waals surface area (Å²) in [4.78, 5) is 9.16. The highest BCUT2D eigenvalue weighted by Crippen LogP contribution is 2.41. The Balaban J connectivity index is 0.000000141. The van der Waals surface area contributed by atoms with Crippen molar-refractivity contribution < 1.29 is 13.6 Å². The van der Waals surface area contributed by atoms with Crippen molar-refractivity contribution >= 4 is 124 Å². The molecule has 0 radical (unpaired) electrons. The van der Waals surface area contributed by atoms with E-state index in [1.165, 1.54) is 133 Å². The summed E-state index contributed by atoms with van der Waals surface area (Å²) in [5.41, 5.74) is 34.5. The van der Waals surface area contributed by atoms with Crippen molar-refractivity contribution in [3.63, 3.8) is 0 Å². The standard InChI is InChI=1S/3C13H16.C12H14ClN.C12H15N.C12H14.C11H12ClNO.C11H14N2.2C11H13NO.C11H13NS/c2*1-13(2,3)12-9-5-7-10-6-4-8-11(10)12;1-13(2,3)12-8-7-10-5-4-6-11(10)9-12;1-12(2,3)11-8-5-4-6-10(13)9(8)7-14-11;1-12(2,3)11-10-7-5-4-6-9(10)8-13-11;1-9(2)11-7-6-10-4-3-5-12(10)8-11;1-11(2,3)10-8-5-4-7(12)6-9(8)14-13-10;1-8(2)11-9-6-4-5-7-10(9)13(3)12-11;1-11(2,3)10-8-6-4-5-7-9(8)13-12-10;1-11(2,3)10-8-6-4-5-7-9(8)12-13-10;1-11(2,3)10-8-6-4-5-7-9(8)13-12-10/h4-5,7-9H,6H2,1-3H3;4-7,9H,8H2,1-3H3;4-5,7-9H,6H2,1-3H3;4-6H,7H2,1-3H3;4-7H,8H2,1-3H3;3,5-9H,4H2,1-2H3;4-6H,1-3H3;4-8H,1-3H3;3*4-7H,1-3H3. The molecular weight excluding hydrogens is 1820 g/mol. The van der Waals surface area contributed by atoms with E-state index in [0.29, 0.717) is 16.9 Å². The van der Waals surface area contributed by atoms with Crippen LogP contribution in [0, 0.1) is 10.8 Å². The zero-order valence-electron chi connectivity index (χ0n) is 91.9. The third-order valence-electron chi connectivity index (χ3n) is 26.0. The summed E-state index contributed by atoms with van der Waals surface area (Å²) >= 11 is 13.6. The lowest BCUT2D eigenvalue weighted by molar-refractivity contribution is 0.336. The van der Waals surface area contributed by atoms with Crippen LogP contribution in [0.5, 0.6) is 0 Å². The average molecular weight is 1980 g/mol. The summed E-state index contributed by atoms with van der Waals surface area (Å²) in [5.74, 6) is 2.10. The van der Waals surface area contributed by atoms with E-state index in [2.05, 4.69) is 444 Å². The van der Waals surface area contributed by atoms with Crippen LogP contribution in [0.3, 0.4) is 0 Å². The van der Waals surface area contributed by atoms with Gasteiger partial charge in [-0.3, -0.25) is 14.7 Å². The number of aliphatic imine (C=N–C) groups is 2. The monoisotopic (exact) mass is 1980 g/mol. The van der Waals surface area contributed by atoms with Gasteiger partial charge in [-0.2, -0.15) is 9.47 Å². The average Bonchev–Trinajstić information content (AvgIpc) is 1.65. The highest BCUT2D eigenvalue weighted by Gasteiger charge is 2.31. The molecule has 7 heterocycles. The molecule has 4 aliphatic carbocycles. The van der Waals surface area contributed by atoms with Gasteiger partial charge in [-0.1, -0.05) is 472 Å². The van der Waals surface area contributed by atoms with Gasteiger partial charge in [-0.15, -0.1) is 0 Å². The molecule has 0 saturated heterocycles. The Morgan fingerprint density at radius 3 is 1.52 bits per heavy atom. The SMILES string of the molecule is CC(C)(C)C1=NCc2c(Cl)cccc21.CC(C)(C)C1=NCc2ccccc21.CC(C)(C)c1ccc2c(c1)CC=C2.CC(C)(C)c1cccc2c1C=CC2.CC(C)(C)c1cccc2c1CC=C2.CC(C)(C)c1noc2cc(Cl)ccc12.CC(C)(C)c1noc2ccccc12.CC(C)(C)c1nsc2ccccc12.CC(C)(C)c1onc2ccccc12.CC(C)c1ccc2c(c1)C=CC2.CC(C)c1nn(C)c2ccccc12. The van der Waals surface area contributed by atoms with Crippen LogP contribution in [0.25, 0.3) is 78.1 Å². The van der Waals surface area contributed by atoms with Gasteiger partial charge >= 0.3 is 0 Å². The first-order chi connectivity index (χ1) is 67.6. The van der Waals surface area contributed by atoms with Crippen LogP contribution in [-0.4, -0.2) is 41.0 Å². The summed E-state index contributed by atoms with van der Waals surface area (Å²) in [7, 11) is 1.99. The van der Waals surface area contributed by atoms with Crippen LogP contribution in [-0.2, 0) is 83.7 Å². The number of nitrogens with zero attached hydrogens (tertiary/aromatic N) is 8. The maximum Gasteiger partial charge on any atom is 0.168 e. The number of fused-ring (bicyclic) bond motifs is 11. The van der Waals surface area contributed by atoms with Gasteiger partial charge in [0.15, 0.2) is 11.2 Å². The molecule has 754 valence electrons. The largest absolute Gasteiger partial charge is 0.360 e. The number of halogens is 2. The number of allylic oxidation sites excluding steroid dienone is 4. The van der Waals surface area contributed by atoms with E-state index in [1.807, 2.05) is 90.6 Å². The number of hydrogen-bond acceptors (Lipinski definition) is 11. The molecule has 0 fully saturated rings. The molecule has 22 rings (SSSR count). The fourth-order valence-corrected chi connectivity index (χ4v) is 19.7. The van der Waals surface area contributed by atoms with Crippen LogP contribution in [0.15, 0.2) is 278 Å². The Kier molecular flexibility index (Phi) is 35.6. The second-order valence-electron chi connectivity index (χ2n) is 48.1. The minimum absolute atomic E-state index is 0.000913.